The van der Waals surface area contributed by atoms with Gasteiger partial charge in [-0.3, -0.25) is 4.79 Å². The highest BCUT2D eigenvalue weighted by atomic mass is 35.5. The third-order valence-corrected chi connectivity index (χ3v) is 5.93. The fourth-order valence-corrected chi connectivity index (χ4v) is 4.70. The molecule has 25 heavy (non-hydrogen) atoms. The molecule has 0 aromatic heterocycles. The summed E-state index contributed by atoms with van der Waals surface area (Å²) in [6.45, 7) is 2.80. The van der Waals surface area contributed by atoms with Gasteiger partial charge in [-0.2, -0.15) is 0 Å². The summed E-state index contributed by atoms with van der Waals surface area (Å²) in [6.07, 6.45) is 1.62. The molecular formula is C16H24ClN3O4S. The van der Waals surface area contributed by atoms with Gasteiger partial charge in [0.2, 0.25) is 10.0 Å². The largest absolute Gasteiger partial charge is 0.494 e. The van der Waals surface area contributed by atoms with E-state index in [1.54, 1.807) is 14.1 Å². The molecule has 1 amide bonds. The van der Waals surface area contributed by atoms with Crippen molar-refractivity contribution in [2.24, 2.45) is 0 Å². The van der Waals surface area contributed by atoms with Gasteiger partial charge in [-0.1, -0.05) is 11.6 Å². The average molecular weight is 390 g/mol. The van der Waals surface area contributed by atoms with Crippen molar-refractivity contribution in [1.82, 2.24) is 14.9 Å². The Hall–Kier alpha value is -1.35. The Balaban J connectivity index is 2.47. The van der Waals surface area contributed by atoms with E-state index in [4.69, 9.17) is 16.3 Å². The molecule has 1 saturated heterocycles. The van der Waals surface area contributed by atoms with E-state index in [1.165, 1.54) is 24.1 Å². The number of rotatable bonds is 5. The number of sulfonamides is 1. The predicted molar refractivity (Wildman–Crippen MR) is 96.8 cm³/mol. The van der Waals surface area contributed by atoms with Crippen LogP contribution in [0.3, 0.4) is 0 Å². The van der Waals surface area contributed by atoms with Crippen LogP contribution < -0.4 is 14.8 Å². The summed E-state index contributed by atoms with van der Waals surface area (Å²) in [5.74, 6) is -0.393. The Morgan fingerprint density at radius 3 is 2.64 bits per heavy atom. The Labute approximate surface area is 153 Å². The van der Waals surface area contributed by atoms with Crippen LogP contribution in [0.1, 0.15) is 30.1 Å². The molecule has 0 bridgehead atoms. The summed E-state index contributed by atoms with van der Waals surface area (Å²) >= 11 is 6.07. The first kappa shape index (κ1) is 20.0. The zero-order valence-electron chi connectivity index (χ0n) is 14.8. The van der Waals surface area contributed by atoms with Gasteiger partial charge in [-0.05, 0) is 38.4 Å². The van der Waals surface area contributed by atoms with Crippen molar-refractivity contribution in [1.29, 1.82) is 0 Å². The molecule has 0 saturated carbocycles. The lowest BCUT2D eigenvalue weighted by atomic mass is 10.0. The minimum absolute atomic E-state index is 0.00739. The molecule has 2 N–H and O–H groups in total. The van der Waals surface area contributed by atoms with Crippen LogP contribution in [0.5, 0.6) is 5.75 Å². The Morgan fingerprint density at radius 2 is 2.08 bits per heavy atom. The van der Waals surface area contributed by atoms with Crippen LogP contribution in [-0.4, -0.2) is 59.1 Å². The zero-order chi connectivity index (χ0) is 18.8. The minimum atomic E-state index is -3.91. The molecule has 1 aliphatic heterocycles. The van der Waals surface area contributed by atoms with Gasteiger partial charge in [-0.25, -0.2) is 13.1 Å². The third kappa shape index (κ3) is 4.44. The van der Waals surface area contributed by atoms with Gasteiger partial charge in [0, 0.05) is 31.2 Å². The smallest absolute Gasteiger partial charge is 0.257 e. The zero-order valence-corrected chi connectivity index (χ0v) is 16.4. The number of hydrogen-bond donors (Lipinski definition) is 2. The highest BCUT2D eigenvalue weighted by Gasteiger charge is 2.31. The number of hydrogen-bond acceptors (Lipinski definition) is 5. The van der Waals surface area contributed by atoms with Crippen LogP contribution in [0, 0.1) is 0 Å². The molecule has 1 heterocycles. The second-order valence-electron chi connectivity index (χ2n) is 6.30. The molecule has 2 unspecified atom stereocenters. The number of benzene rings is 1. The molecule has 0 spiro atoms. The maximum Gasteiger partial charge on any atom is 0.257 e. The van der Waals surface area contributed by atoms with Crippen molar-refractivity contribution >= 4 is 27.5 Å². The third-order valence-electron chi connectivity index (χ3n) is 4.22. The molecule has 2 rings (SSSR count). The quantitative estimate of drug-likeness (QED) is 0.796. The highest BCUT2D eigenvalue weighted by Crippen LogP contribution is 2.33. The normalized spacial score (nSPS) is 21.0. The number of carbonyl (C=O) groups excluding carboxylic acids is 1. The molecule has 7 nitrogen and oxygen atoms in total. The van der Waals surface area contributed by atoms with Crippen molar-refractivity contribution in [3.63, 3.8) is 0 Å². The van der Waals surface area contributed by atoms with Gasteiger partial charge in [0.05, 0.1) is 12.7 Å². The molecule has 1 aromatic carbocycles. The van der Waals surface area contributed by atoms with E-state index >= 15 is 0 Å². The first-order chi connectivity index (χ1) is 11.7. The number of amides is 1. The van der Waals surface area contributed by atoms with Gasteiger partial charge >= 0.3 is 0 Å². The lowest BCUT2D eigenvalue weighted by molar-refractivity contribution is 0.0824. The molecule has 1 aromatic rings. The maximum atomic E-state index is 12.9. The summed E-state index contributed by atoms with van der Waals surface area (Å²) in [5.41, 5.74) is 0.107. The van der Waals surface area contributed by atoms with Crippen LogP contribution in [0.15, 0.2) is 17.0 Å². The van der Waals surface area contributed by atoms with Gasteiger partial charge < -0.3 is 15.0 Å². The van der Waals surface area contributed by atoms with E-state index < -0.39 is 10.0 Å². The van der Waals surface area contributed by atoms with Crippen molar-refractivity contribution < 1.29 is 17.9 Å². The first-order valence-electron chi connectivity index (χ1n) is 8.02. The summed E-state index contributed by atoms with van der Waals surface area (Å²) in [4.78, 5) is 13.6. The van der Waals surface area contributed by atoms with E-state index in [-0.39, 0.29) is 39.2 Å². The lowest BCUT2D eigenvalue weighted by Crippen LogP contribution is -2.51. The van der Waals surface area contributed by atoms with E-state index in [9.17, 15) is 13.2 Å². The Morgan fingerprint density at radius 1 is 1.40 bits per heavy atom. The van der Waals surface area contributed by atoms with Crippen LogP contribution in [0.25, 0.3) is 0 Å². The number of halogens is 1. The van der Waals surface area contributed by atoms with Gasteiger partial charge in [-0.15, -0.1) is 0 Å². The Bertz CT molecular complexity index is 752. The summed E-state index contributed by atoms with van der Waals surface area (Å²) in [7, 11) is 0.571. The van der Waals surface area contributed by atoms with E-state index in [0.717, 1.165) is 19.4 Å². The molecule has 140 valence electrons. The molecule has 1 aliphatic rings. The molecule has 0 aliphatic carbocycles. The molecule has 9 heteroatoms. The standard InChI is InChI=1S/C16H24ClN3O4S/c1-10-13(6-5-7-18-10)19-25(22,23)14-9-11(17)8-12(15(14)24-4)16(21)20(2)3/h8-10,13,18-19H,5-7H2,1-4H3. The van der Waals surface area contributed by atoms with Crippen LogP contribution in [0.4, 0.5) is 0 Å². The number of ether oxygens (including phenoxy) is 1. The minimum Gasteiger partial charge on any atom is -0.494 e. The van der Waals surface area contributed by atoms with E-state index in [0.29, 0.717) is 0 Å². The fraction of sp³-hybridized carbons (Fsp3) is 0.562. The van der Waals surface area contributed by atoms with Crippen molar-refractivity contribution in [3.05, 3.63) is 22.7 Å². The number of nitrogens with zero attached hydrogens (tertiary/aromatic N) is 1. The number of nitrogens with one attached hydrogen (secondary N) is 2. The summed E-state index contributed by atoms with van der Waals surface area (Å²) in [5, 5.41) is 3.40. The highest BCUT2D eigenvalue weighted by molar-refractivity contribution is 7.89. The lowest BCUT2D eigenvalue weighted by Gasteiger charge is -2.30. The maximum absolute atomic E-state index is 12.9. The molecule has 0 radical (unpaired) electrons. The first-order valence-corrected chi connectivity index (χ1v) is 9.88. The van der Waals surface area contributed by atoms with Gasteiger partial charge in [0.15, 0.2) is 5.75 Å². The number of methoxy groups -OCH3 is 1. The van der Waals surface area contributed by atoms with Crippen molar-refractivity contribution in [2.45, 2.75) is 36.7 Å². The molecule has 2 atom stereocenters. The van der Waals surface area contributed by atoms with Crippen molar-refractivity contribution in [3.8, 4) is 5.75 Å². The molecule has 1 fully saturated rings. The number of piperidine rings is 1. The van der Waals surface area contributed by atoms with E-state index in [1.807, 2.05) is 6.92 Å². The average Bonchev–Trinajstić information content (AvgIpc) is 2.55. The van der Waals surface area contributed by atoms with Crippen LogP contribution in [0.2, 0.25) is 5.02 Å². The van der Waals surface area contributed by atoms with Gasteiger partial charge in [0.25, 0.3) is 5.91 Å². The summed E-state index contributed by atoms with van der Waals surface area (Å²) < 4.78 is 33.8. The number of carbonyl (C=O) groups is 1. The second-order valence-corrected chi connectivity index (χ2v) is 8.42. The molecular weight excluding hydrogens is 366 g/mol. The van der Waals surface area contributed by atoms with Crippen LogP contribution >= 0.6 is 11.6 Å². The Kier molecular flexibility index (Phi) is 6.31. The fourth-order valence-electron chi connectivity index (χ4n) is 2.85. The second kappa shape index (κ2) is 7.90. The van der Waals surface area contributed by atoms with Crippen LogP contribution in [-0.2, 0) is 10.0 Å². The summed E-state index contributed by atoms with van der Waals surface area (Å²) in [6, 6.07) is 2.48. The predicted octanol–water partition coefficient (Wildman–Crippen LogP) is 1.47. The topological polar surface area (TPSA) is 87.7 Å². The SMILES string of the molecule is COc1c(C(=O)N(C)C)cc(Cl)cc1S(=O)(=O)NC1CCCNC1C. The van der Waals surface area contributed by atoms with Crippen molar-refractivity contribution in [2.75, 3.05) is 27.7 Å². The van der Waals surface area contributed by atoms with E-state index in [2.05, 4.69) is 10.0 Å². The monoisotopic (exact) mass is 389 g/mol. The van der Waals surface area contributed by atoms with Gasteiger partial charge in [0.1, 0.15) is 4.90 Å².